The predicted octanol–water partition coefficient (Wildman–Crippen LogP) is 3.43. The van der Waals surface area contributed by atoms with Crippen LogP contribution in [0.3, 0.4) is 0 Å². The summed E-state index contributed by atoms with van der Waals surface area (Å²) in [4.78, 5) is 0. The molecular formula is C10H16S. The van der Waals surface area contributed by atoms with Gasteiger partial charge in [0.2, 0.25) is 0 Å². The molecule has 11 heavy (non-hydrogen) atoms. The Kier molecular flexibility index (Phi) is 6.05. The van der Waals surface area contributed by atoms with Gasteiger partial charge in [-0.15, -0.1) is 0 Å². The van der Waals surface area contributed by atoms with Crippen LogP contribution in [0, 0.1) is 0 Å². The zero-order valence-electron chi connectivity index (χ0n) is 7.50. The lowest BCUT2D eigenvalue weighted by Crippen LogP contribution is -1.96. The quantitative estimate of drug-likeness (QED) is 0.580. The second-order valence-electron chi connectivity index (χ2n) is 2.28. The highest BCUT2D eigenvalue weighted by Gasteiger charge is 2.00. The van der Waals surface area contributed by atoms with E-state index in [0.29, 0.717) is 5.25 Å². The minimum atomic E-state index is 0.559. The summed E-state index contributed by atoms with van der Waals surface area (Å²) in [5.41, 5.74) is 1.33. The molecule has 1 unspecified atom stereocenters. The van der Waals surface area contributed by atoms with Gasteiger partial charge in [0, 0.05) is 5.25 Å². The molecule has 0 saturated heterocycles. The fourth-order valence-corrected chi connectivity index (χ4v) is 1.22. The molecule has 0 aliphatic rings. The SMILES string of the molecule is C=C/C=C(\C=C/C)C(C)SC. The number of thioether (sulfide) groups is 1. The lowest BCUT2D eigenvalue weighted by molar-refractivity contribution is 1.17. The summed E-state index contributed by atoms with van der Waals surface area (Å²) in [7, 11) is 0. The number of hydrogen-bond acceptors (Lipinski definition) is 1. The van der Waals surface area contributed by atoms with E-state index in [-0.39, 0.29) is 0 Å². The Balaban J connectivity index is 4.32. The third kappa shape index (κ3) is 4.10. The molecule has 0 heterocycles. The second kappa shape index (κ2) is 6.29. The molecule has 0 spiro atoms. The van der Waals surface area contributed by atoms with Crippen molar-refractivity contribution < 1.29 is 0 Å². The molecule has 0 fully saturated rings. The van der Waals surface area contributed by atoms with Crippen LogP contribution in [0.4, 0.5) is 0 Å². The summed E-state index contributed by atoms with van der Waals surface area (Å²) >= 11 is 1.85. The summed E-state index contributed by atoms with van der Waals surface area (Å²) in [6.07, 6.45) is 10.2. The monoisotopic (exact) mass is 168 g/mol. The zero-order valence-corrected chi connectivity index (χ0v) is 8.32. The van der Waals surface area contributed by atoms with Crippen molar-refractivity contribution in [1.29, 1.82) is 0 Å². The van der Waals surface area contributed by atoms with Crippen LogP contribution in [0.2, 0.25) is 0 Å². The summed E-state index contributed by atoms with van der Waals surface area (Å²) in [5, 5.41) is 0.559. The maximum atomic E-state index is 3.68. The summed E-state index contributed by atoms with van der Waals surface area (Å²) in [6.45, 7) is 7.91. The fraction of sp³-hybridized carbons (Fsp3) is 0.400. The normalized spacial score (nSPS) is 15.4. The fourth-order valence-electron chi connectivity index (χ4n) is 0.791. The van der Waals surface area contributed by atoms with Crippen LogP contribution >= 0.6 is 11.8 Å². The van der Waals surface area contributed by atoms with Crippen LogP contribution in [-0.2, 0) is 0 Å². The first-order chi connectivity index (χ1) is 5.26. The predicted molar refractivity (Wildman–Crippen MR) is 56.1 cm³/mol. The Hall–Kier alpha value is -0.430. The Morgan fingerprint density at radius 2 is 2.18 bits per heavy atom. The molecule has 1 heteroatoms. The summed E-state index contributed by atoms with van der Waals surface area (Å²) < 4.78 is 0. The van der Waals surface area contributed by atoms with Gasteiger partial charge >= 0.3 is 0 Å². The molecule has 62 valence electrons. The lowest BCUT2D eigenvalue weighted by atomic mass is 10.2. The Morgan fingerprint density at radius 3 is 2.55 bits per heavy atom. The van der Waals surface area contributed by atoms with Crippen LogP contribution in [0.1, 0.15) is 13.8 Å². The topological polar surface area (TPSA) is 0 Å². The van der Waals surface area contributed by atoms with Crippen molar-refractivity contribution in [1.82, 2.24) is 0 Å². The standard InChI is InChI=1S/C10H16S/c1-5-7-10(8-6-2)9(3)11-4/h5-9H,1H2,2-4H3/b8-6-,10-7+. The largest absolute Gasteiger partial charge is 0.158 e. The zero-order chi connectivity index (χ0) is 8.69. The second-order valence-corrected chi connectivity index (χ2v) is 3.46. The Labute approximate surface area is 74.1 Å². The third-order valence-corrected chi connectivity index (χ3v) is 2.47. The van der Waals surface area contributed by atoms with Crippen molar-refractivity contribution in [2.75, 3.05) is 6.26 Å². The van der Waals surface area contributed by atoms with Gasteiger partial charge in [-0.1, -0.05) is 30.9 Å². The van der Waals surface area contributed by atoms with Crippen molar-refractivity contribution in [2.45, 2.75) is 19.1 Å². The van der Waals surface area contributed by atoms with Gasteiger partial charge in [-0.05, 0) is 25.7 Å². The number of rotatable bonds is 4. The van der Waals surface area contributed by atoms with Crippen LogP contribution < -0.4 is 0 Å². The summed E-state index contributed by atoms with van der Waals surface area (Å²) in [6, 6.07) is 0. The van der Waals surface area contributed by atoms with Crippen LogP contribution in [0.5, 0.6) is 0 Å². The average molecular weight is 168 g/mol. The number of hydrogen-bond donors (Lipinski definition) is 0. The highest BCUT2D eigenvalue weighted by molar-refractivity contribution is 7.99. The molecule has 0 nitrogen and oxygen atoms in total. The average Bonchev–Trinajstić information content (AvgIpc) is 2.03. The van der Waals surface area contributed by atoms with Crippen molar-refractivity contribution >= 4 is 11.8 Å². The highest BCUT2D eigenvalue weighted by atomic mass is 32.2. The van der Waals surface area contributed by atoms with Gasteiger partial charge in [0.15, 0.2) is 0 Å². The maximum Gasteiger partial charge on any atom is 0.0266 e. The van der Waals surface area contributed by atoms with Gasteiger partial charge in [0.05, 0.1) is 0 Å². The third-order valence-electron chi connectivity index (χ3n) is 1.49. The molecule has 0 aliphatic carbocycles. The van der Waals surface area contributed by atoms with Crippen molar-refractivity contribution in [3.8, 4) is 0 Å². The van der Waals surface area contributed by atoms with E-state index in [1.165, 1.54) is 5.57 Å². The van der Waals surface area contributed by atoms with E-state index >= 15 is 0 Å². The van der Waals surface area contributed by atoms with Gasteiger partial charge in [0.25, 0.3) is 0 Å². The maximum absolute atomic E-state index is 3.68. The molecule has 1 atom stereocenters. The molecule has 0 aromatic carbocycles. The van der Waals surface area contributed by atoms with Gasteiger partial charge in [-0.3, -0.25) is 0 Å². The van der Waals surface area contributed by atoms with Gasteiger partial charge < -0.3 is 0 Å². The smallest absolute Gasteiger partial charge is 0.0266 e. The summed E-state index contributed by atoms with van der Waals surface area (Å²) in [5.74, 6) is 0. The van der Waals surface area contributed by atoms with E-state index in [4.69, 9.17) is 0 Å². The first-order valence-corrected chi connectivity index (χ1v) is 5.03. The molecule has 0 radical (unpaired) electrons. The Bertz CT molecular complexity index is 166. The van der Waals surface area contributed by atoms with Crippen molar-refractivity contribution in [3.05, 3.63) is 36.5 Å². The Morgan fingerprint density at radius 1 is 1.55 bits per heavy atom. The van der Waals surface area contributed by atoms with E-state index in [1.807, 2.05) is 24.8 Å². The molecular weight excluding hydrogens is 152 g/mol. The molecule has 0 aromatic rings. The minimum absolute atomic E-state index is 0.559. The van der Waals surface area contributed by atoms with E-state index in [9.17, 15) is 0 Å². The van der Waals surface area contributed by atoms with Crippen LogP contribution in [0.15, 0.2) is 36.5 Å². The first kappa shape index (κ1) is 10.6. The lowest BCUT2D eigenvalue weighted by Gasteiger charge is -2.07. The van der Waals surface area contributed by atoms with E-state index < -0.39 is 0 Å². The highest BCUT2D eigenvalue weighted by Crippen LogP contribution is 2.16. The van der Waals surface area contributed by atoms with Crippen molar-refractivity contribution in [2.24, 2.45) is 0 Å². The number of allylic oxidation sites excluding steroid dienone is 4. The van der Waals surface area contributed by atoms with Gasteiger partial charge in [-0.25, -0.2) is 0 Å². The molecule has 0 aromatic heterocycles. The first-order valence-electron chi connectivity index (χ1n) is 3.74. The van der Waals surface area contributed by atoms with Crippen LogP contribution in [0.25, 0.3) is 0 Å². The van der Waals surface area contributed by atoms with E-state index in [2.05, 4.69) is 38.0 Å². The molecule has 0 N–H and O–H groups in total. The van der Waals surface area contributed by atoms with E-state index in [0.717, 1.165) is 0 Å². The van der Waals surface area contributed by atoms with Gasteiger partial charge in [-0.2, -0.15) is 11.8 Å². The molecule has 0 aliphatic heterocycles. The van der Waals surface area contributed by atoms with Crippen LogP contribution in [-0.4, -0.2) is 11.5 Å². The molecule has 0 bridgehead atoms. The molecule has 0 amide bonds. The van der Waals surface area contributed by atoms with E-state index in [1.54, 1.807) is 0 Å². The molecule has 0 rings (SSSR count). The minimum Gasteiger partial charge on any atom is -0.158 e. The van der Waals surface area contributed by atoms with Crippen molar-refractivity contribution in [3.63, 3.8) is 0 Å². The molecule has 0 saturated carbocycles. The van der Waals surface area contributed by atoms with Gasteiger partial charge in [0.1, 0.15) is 0 Å².